The van der Waals surface area contributed by atoms with Crippen molar-refractivity contribution in [2.24, 2.45) is 82.9 Å². The van der Waals surface area contributed by atoms with Crippen LogP contribution in [0.1, 0.15) is 374 Å². The Labute approximate surface area is 972 Å². The molecule has 23 nitrogen and oxygen atoms in total. The third-order valence-electron chi connectivity index (χ3n) is 27.6. The van der Waals surface area contributed by atoms with Gasteiger partial charge in [0.2, 0.25) is 0 Å². The summed E-state index contributed by atoms with van der Waals surface area (Å²) >= 11 is 10.0. The van der Waals surface area contributed by atoms with Crippen LogP contribution >= 0.6 is 47.8 Å². The van der Waals surface area contributed by atoms with E-state index in [4.69, 9.17) is 45.4 Å². The molecule has 0 aromatic rings. The molecule has 850 valence electrons. The quantitative estimate of drug-likeness (QED) is 0.0138. The number of alkyl halides is 1. The number of halogens is 3. The number of nitrogens with zero attached hydrogens (tertiary/aromatic N) is 8. The smallest absolute Gasteiger partial charge is 0.694 e. The first kappa shape index (κ1) is 155. The first-order valence-corrected chi connectivity index (χ1v) is 57.2. The van der Waals surface area contributed by atoms with Gasteiger partial charge in [-0.15, -0.1) is 36.8 Å². The molecule has 0 bridgehead atoms. The summed E-state index contributed by atoms with van der Waals surface area (Å²) in [7, 11) is 18.7. The fourth-order valence-corrected chi connectivity index (χ4v) is 19.4. The first-order chi connectivity index (χ1) is 67.4. The zero-order valence-electron chi connectivity index (χ0n) is 98.4. The van der Waals surface area contributed by atoms with Gasteiger partial charge in [-0.05, 0) is 367 Å². The number of carbonyl (C=O) groups excluding carboxylic acids is 6. The number of hydrogen-bond donors (Lipinski definition) is 3. The summed E-state index contributed by atoms with van der Waals surface area (Å²) < 4.78 is 32.5. The van der Waals surface area contributed by atoms with Crippen molar-refractivity contribution in [1.29, 1.82) is 0 Å². The standard InChI is InChI=1S/2C18H31NO3.C17H29Br2NO2.C17H28NO2.C16H29NO3.C15H27N2.C13H22NO.C3H7BrO.2CH3.Li.2W/c2*1-18(2,3)22-17(21)19(4)13-12-16-10-8-15(9-11-16)7-5-6-14-20;1-17(2,3)22-16(21)20(4)12-11-14-7-5-13(6-8-14)9-10-15(18)19;1-6-7-14-8-10-15(11-9-14)12-13-18(5)16(19)20-17(2,3)4;1-16(2,3)20-15(19)17(4)11-9-13-5-7-14(8-6-13)10-12-18;1-16-12-11-15-9-7-14(8-10-15)6-4-5-13-17(2)3;1-14-10-9-13-7-5-12(6-8-13)4-2-3-11-15;1-5-3-2-4;;;;;/h2*15-16,20H,7-14H2,1-4H3;10,13-14H,5-9,11-12H2,1-4H3;14-15H,7-13H2,2-5H3;12-14H,5-11H2,1-4H3;14-15H,6-13H2,1-3H3;12-13,15H,4-11H2,1H3;2-3H2,1H3;2*1H3;;;/q;;;-1;;2*-1;;2*-1;+1;2*+2. The largest absolute Gasteiger partial charge is 2.00 e. The van der Waals surface area contributed by atoms with Crippen molar-refractivity contribution in [3.63, 3.8) is 0 Å². The van der Waals surface area contributed by atoms with Crippen molar-refractivity contribution in [1.82, 2.24) is 29.4 Å². The molecule has 0 aromatic heterocycles. The van der Waals surface area contributed by atoms with E-state index >= 15 is 0 Å². The number of aliphatic hydroxyl groups is 3. The number of carbonyl (C=O) groups is 6. The van der Waals surface area contributed by atoms with Crippen molar-refractivity contribution in [2.45, 2.75) is 402 Å². The van der Waals surface area contributed by atoms with E-state index in [2.05, 4.69) is 142 Å². The Morgan fingerprint density at radius 3 is 0.723 bits per heavy atom. The molecule has 0 atom stereocenters. The van der Waals surface area contributed by atoms with E-state index in [0.29, 0.717) is 53.8 Å². The number of amides is 5. The SMILES string of the molecule is CN(CCC1CCC(CC#CCO)CC1)C(=O)OC(C)(C)C.CN(CCC1CCC(CC#CCO)CC1)C(=O)OC(C)(C)C.CN(CCC1CCC(CC=C(Br)Br)CC1)C(=O)OC(C)(C)C.CN(CCC1CCC(CC=O)CC1)C(=O)OC(C)(C)C.COCCBr.C[N-]CCC1CCC(CC#CCN(C)C)CC1.C[N-]CCC1CCC(CC#CCO)CC1.[C-]#CCC1CCC(CCN(C)C(=O)OC(C)(C)C)CC1.[CH3-].[CH3-].[Li+].[W+2].[W+2]. The maximum Gasteiger partial charge on any atom is 2.00 e. The number of rotatable bonds is 33. The Hall–Kier alpha value is -3.31. The van der Waals surface area contributed by atoms with Crippen molar-refractivity contribution < 1.29 is 133 Å². The van der Waals surface area contributed by atoms with Gasteiger partial charge < -0.3 is 111 Å². The number of allylic oxidation sites excluding steroid dienone is 1. The molecule has 7 aliphatic rings. The second-order valence-corrected chi connectivity index (χ2v) is 50.0. The van der Waals surface area contributed by atoms with Crippen LogP contribution in [0.5, 0.6) is 0 Å². The predicted octanol–water partition coefficient (Wildman–Crippen LogP) is 25.3. The number of ether oxygens (including phenoxy) is 6. The van der Waals surface area contributed by atoms with E-state index in [9.17, 15) is 28.8 Å². The number of aliphatic hydroxyl groups excluding tert-OH is 3. The first-order valence-electron chi connectivity index (χ1n) is 54.4. The van der Waals surface area contributed by atoms with Gasteiger partial charge >= 0.3 is 91.5 Å². The summed E-state index contributed by atoms with van der Waals surface area (Å²) in [6.07, 6.45) is 58.8. The Morgan fingerprint density at radius 1 is 0.345 bits per heavy atom. The van der Waals surface area contributed by atoms with E-state index in [-0.39, 0.29) is 126 Å². The summed E-state index contributed by atoms with van der Waals surface area (Å²) in [5.41, 5.74) is -2.14. The van der Waals surface area contributed by atoms with Gasteiger partial charge in [0.1, 0.15) is 54.1 Å². The van der Waals surface area contributed by atoms with Crippen molar-refractivity contribution >= 4 is 84.5 Å². The van der Waals surface area contributed by atoms with Crippen LogP contribution in [-0.2, 0) is 75.3 Å². The minimum Gasteiger partial charge on any atom is -0.694 e. The number of hydrogen-bond acceptors (Lipinski definition) is 16. The fraction of sp³-hybridized carbons (Fsp3) is 0.832. The maximum absolute atomic E-state index is 11.9. The molecule has 0 unspecified atom stereocenters. The molecular weight excluding hydrogens is 2400 g/mol. The van der Waals surface area contributed by atoms with Gasteiger partial charge in [0.25, 0.3) is 0 Å². The predicted molar refractivity (Wildman–Crippen MR) is 614 cm³/mol. The molecule has 3 N–H and O–H groups in total. The second kappa shape index (κ2) is 91.6. The van der Waals surface area contributed by atoms with Crippen LogP contribution in [0.15, 0.2) is 9.47 Å². The second-order valence-electron chi connectivity index (χ2n) is 46.5. The maximum atomic E-state index is 11.9. The van der Waals surface area contributed by atoms with E-state index in [0.717, 1.165) is 193 Å². The van der Waals surface area contributed by atoms with Crippen molar-refractivity contribution in [2.75, 3.05) is 155 Å². The zero-order chi connectivity index (χ0) is 108. The summed E-state index contributed by atoms with van der Waals surface area (Å²) in [4.78, 5) is 80.4. The van der Waals surface area contributed by atoms with Crippen molar-refractivity contribution in [3.05, 3.63) is 41.4 Å². The average molecular weight is 2610 g/mol. The third-order valence-corrected chi connectivity index (χ3v) is 28.5. The average Bonchev–Trinajstić information content (AvgIpc) is 0.913. The Morgan fingerprint density at radius 2 is 0.547 bits per heavy atom. The summed E-state index contributed by atoms with van der Waals surface area (Å²) in [5, 5.41) is 35.2. The van der Waals surface area contributed by atoms with E-state index in [1.807, 2.05) is 146 Å². The summed E-state index contributed by atoms with van der Waals surface area (Å²) in [6, 6.07) is 0. The van der Waals surface area contributed by atoms with Gasteiger partial charge in [-0.3, -0.25) is 4.90 Å². The van der Waals surface area contributed by atoms with Gasteiger partial charge in [-0.2, -0.15) is 14.1 Å². The molecule has 7 saturated carbocycles. The topological polar surface area (TPSA) is 266 Å². The normalized spacial score (nSPS) is 21.7. The molecule has 0 aliphatic heterocycles. The molecule has 0 saturated heterocycles. The van der Waals surface area contributed by atoms with Gasteiger partial charge in [0, 0.05) is 113 Å². The summed E-state index contributed by atoms with van der Waals surface area (Å²) in [6.45, 7) is 35.9. The third kappa shape index (κ3) is 88.7. The molecule has 29 heteroatoms. The minimum atomic E-state index is -0.432. The number of methoxy groups -OCH3 is 1. The van der Waals surface area contributed by atoms with Crippen molar-refractivity contribution in [3.8, 4) is 53.3 Å². The molecule has 0 radical (unpaired) electrons. The molecule has 7 rings (SSSR count). The molecule has 0 heterocycles. The molecule has 0 aromatic carbocycles. The van der Waals surface area contributed by atoms with Gasteiger partial charge in [0.15, 0.2) is 0 Å². The van der Waals surface area contributed by atoms with Gasteiger partial charge in [-0.1, -0.05) is 148 Å². The molecule has 5 amide bonds. The van der Waals surface area contributed by atoms with E-state index < -0.39 is 28.0 Å². The molecule has 7 aliphatic carbocycles. The number of aldehydes is 1. The van der Waals surface area contributed by atoms with Crippen LogP contribution in [0, 0.1) is 157 Å². The Kier molecular flexibility index (Phi) is 96.2. The molecule has 148 heavy (non-hydrogen) atoms. The Balaban J connectivity index is -0.000000393. The minimum absolute atomic E-state index is 0. The van der Waals surface area contributed by atoms with Crippen LogP contribution in [0.4, 0.5) is 24.0 Å². The van der Waals surface area contributed by atoms with Gasteiger partial charge in [0.05, 0.1) is 16.5 Å². The van der Waals surface area contributed by atoms with E-state index in [1.165, 1.54) is 180 Å². The summed E-state index contributed by atoms with van der Waals surface area (Å²) in [5.74, 6) is 36.8. The van der Waals surface area contributed by atoms with Gasteiger partial charge in [-0.25, -0.2) is 24.0 Å². The Bertz CT molecular complexity index is 3590. The molecular formula is C119H210Br3LiN8O15W2. The monoisotopic (exact) mass is 2600 g/mol. The van der Waals surface area contributed by atoms with E-state index in [1.54, 1.807) is 38.7 Å². The van der Waals surface area contributed by atoms with Crippen LogP contribution in [0.3, 0.4) is 0 Å². The van der Waals surface area contributed by atoms with Crippen LogP contribution < -0.4 is 18.9 Å². The zero-order valence-corrected chi connectivity index (χ0v) is 109. The molecule has 7 fully saturated rings. The molecule has 0 spiro atoms. The van der Waals surface area contributed by atoms with Crippen LogP contribution in [-0.4, -0.2) is 264 Å². The van der Waals surface area contributed by atoms with Crippen LogP contribution in [0.2, 0.25) is 0 Å². The van der Waals surface area contributed by atoms with Crippen LogP contribution in [0.25, 0.3) is 10.6 Å². The fourth-order valence-electron chi connectivity index (χ4n) is 18.7.